The third-order valence-electron chi connectivity index (χ3n) is 3.44. The van der Waals surface area contributed by atoms with Gasteiger partial charge >= 0.3 is 0 Å². The molecule has 0 unspecified atom stereocenters. The Kier molecular flexibility index (Phi) is 2.86. The highest BCUT2D eigenvalue weighted by molar-refractivity contribution is 4.89. The Labute approximate surface area is 81.3 Å². The summed E-state index contributed by atoms with van der Waals surface area (Å²) in [5, 5.41) is 0. The third kappa shape index (κ3) is 2.03. The number of piperazine rings is 1. The number of likely N-dealkylation sites (tertiary alicyclic amines) is 1. The fourth-order valence-corrected chi connectivity index (χ4v) is 2.22. The smallest absolute Gasteiger partial charge is 0.0351 e. The SMILES string of the molecule is CCN1CC(N2CCN(C)CC2)C1. The molecule has 0 radical (unpaired) electrons. The van der Waals surface area contributed by atoms with Gasteiger partial charge in [-0.2, -0.15) is 0 Å². The summed E-state index contributed by atoms with van der Waals surface area (Å²) >= 11 is 0. The molecule has 76 valence electrons. The zero-order chi connectivity index (χ0) is 9.26. The lowest BCUT2D eigenvalue weighted by Crippen LogP contribution is -2.62. The summed E-state index contributed by atoms with van der Waals surface area (Å²) in [5.41, 5.74) is 0. The summed E-state index contributed by atoms with van der Waals surface area (Å²) in [6.07, 6.45) is 0. The molecule has 0 aromatic carbocycles. The summed E-state index contributed by atoms with van der Waals surface area (Å²) in [5.74, 6) is 0. The van der Waals surface area contributed by atoms with Gasteiger partial charge in [0.1, 0.15) is 0 Å². The van der Waals surface area contributed by atoms with Crippen molar-refractivity contribution < 1.29 is 0 Å². The van der Waals surface area contributed by atoms with Crippen LogP contribution in [0.4, 0.5) is 0 Å². The van der Waals surface area contributed by atoms with Crippen LogP contribution in [0.15, 0.2) is 0 Å². The molecule has 2 aliphatic heterocycles. The molecule has 2 saturated heterocycles. The number of hydrogen-bond acceptors (Lipinski definition) is 3. The van der Waals surface area contributed by atoms with Crippen LogP contribution in [-0.4, -0.2) is 73.6 Å². The normalized spacial score (nSPS) is 29.1. The van der Waals surface area contributed by atoms with Crippen LogP contribution >= 0.6 is 0 Å². The fourth-order valence-electron chi connectivity index (χ4n) is 2.22. The Balaban J connectivity index is 1.71. The first-order valence-electron chi connectivity index (χ1n) is 5.44. The van der Waals surface area contributed by atoms with Crippen LogP contribution in [0.5, 0.6) is 0 Å². The Bertz CT molecular complexity index is 158. The van der Waals surface area contributed by atoms with Gasteiger partial charge in [0.05, 0.1) is 0 Å². The van der Waals surface area contributed by atoms with Crippen molar-refractivity contribution in [2.45, 2.75) is 13.0 Å². The molecule has 3 nitrogen and oxygen atoms in total. The van der Waals surface area contributed by atoms with Crippen molar-refractivity contribution in [1.82, 2.24) is 14.7 Å². The molecular formula is C10H21N3. The van der Waals surface area contributed by atoms with Crippen molar-refractivity contribution in [1.29, 1.82) is 0 Å². The van der Waals surface area contributed by atoms with E-state index in [4.69, 9.17) is 0 Å². The minimum absolute atomic E-state index is 0.869. The topological polar surface area (TPSA) is 9.72 Å². The molecule has 2 aliphatic rings. The molecule has 0 aromatic heterocycles. The Morgan fingerprint density at radius 3 is 2.23 bits per heavy atom. The summed E-state index contributed by atoms with van der Waals surface area (Å²) in [6.45, 7) is 11.1. The van der Waals surface area contributed by atoms with Crippen LogP contribution in [0.25, 0.3) is 0 Å². The predicted molar refractivity (Wildman–Crippen MR) is 55.0 cm³/mol. The molecule has 0 spiro atoms. The highest BCUT2D eigenvalue weighted by Gasteiger charge is 2.31. The van der Waals surface area contributed by atoms with Crippen LogP contribution in [0, 0.1) is 0 Å². The van der Waals surface area contributed by atoms with E-state index in [1.54, 1.807) is 0 Å². The Morgan fingerprint density at radius 1 is 1.08 bits per heavy atom. The second-order valence-corrected chi connectivity index (χ2v) is 4.35. The van der Waals surface area contributed by atoms with Crippen LogP contribution in [0.1, 0.15) is 6.92 Å². The van der Waals surface area contributed by atoms with Gasteiger partial charge in [0, 0.05) is 45.3 Å². The van der Waals surface area contributed by atoms with Gasteiger partial charge in [-0.15, -0.1) is 0 Å². The lowest BCUT2D eigenvalue weighted by Gasteiger charge is -2.47. The molecule has 0 atom stereocenters. The van der Waals surface area contributed by atoms with Crippen LogP contribution in [-0.2, 0) is 0 Å². The monoisotopic (exact) mass is 183 g/mol. The molecule has 2 rings (SSSR count). The molecule has 0 aromatic rings. The molecule has 0 amide bonds. The van der Waals surface area contributed by atoms with Gasteiger partial charge in [0.25, 0.3) is 0 Å². The van der Waals surface area contributed by atoms with Crippen molar-refractivity contribution >= 4 is 0 Å². The first-order valence-corrected chi connectivity index (χ1v) is 5.44. The zero-order valence-corrected chi connectivity index (χ0v) is 8.87. The maximum absolute atomic E-state index is 2.66. The van der Waals surface area contributed by atoms with Gasteiger partial charge < -0.3 is 9.80 Å². The largest absolute Gasteiger partial charge is 0.304 e. The van der Waals surface area contributed by atoms with Crippen molar-refractivity contribution in [3.8, 4) is 0 Å². The van der Waals surface area contributed by atoms with Gasteiger partial charge in [-0.3, -0.25) is 4.90 Å². The number of nitrogens with zero attached hydrogens (tertiary/aromatic N) is 3. The molecule has 2 fully saturated rings. The molecule has 3 heteroatoms. The molecule has 0 bridgehead atoms. The van der Waals surface area contributed by atoms with Crippen molar-refractivity contribution in [3.05, 3.63) is 0 Å². The maximum Gasteiger partial charge on any atom is 0.0351 e. The molecule has 13 heavy (non-hydrogen) atoms. The van der Waals surface area contributed by atoms with Crippen molar-refractivity contribution in [2.75, 3.05) is 52.9 Å². The minimum Gasteiger partial charge on any atom is -0.304 e. The van der Waals surface area contributed by atoms with Crippen LogP contribution < -0.4 is 0 Å². The van der Waals surface area contributed by atoms with E-state index in [9.17, 15) is 0 Å². The first kappa shape index (κ1) is 9.44. The molecule has 0 saturated carbocycles. The van der Waals surface area contributed by atoms with E-state index < -0.39 is 0 Å². The average molecular weight is 183 g/mol. The highest BCUT2D eigenvalue weighted by Crippen LogP contribution is 2.15. The lowest BCUT2D eigenvalue weighted by molar-refractivity contribution is 0.0125. The van der Waals surface area contributed by atoms with E-state index in [-0.39, 0.29) is 0 Å². The zero-order valence-electron chi connectivity index (χ0n) is 8.87. The van der Waals surface area contributed by atoms with E-state index >= 15 is 0 Å². The average Bonchev–Trinajstić information content (AvgIpc) is 2.06. The van der Waals surface area contributed by atoms with E-state index in [1.807, 2.05) is 0 Å². The fraction of sp³-hybridized carbons (Fsp3) is 1.00. The van der Waals surface area contributed by atoms with Gasteiger partial charge in [-0.25, -0.2) is 0 Å². The Morgan fingerprint density at radius 2 is 1.69 bits per heavy atom. The van der Waals surface area contributed by atoms with Gasteiger partial charge in [-0.05, 0) is 13.6 Å². The van der Waals surface area contributed by atoms with E-state index in [1.165, 1.54) is 45.8 Å². The standard InChI is InChI=1S/C10H21N3/c1-3-12-8-10(9-12)13-6-4-11(2)5-7-13/h10H,3-9H2,1-2H3. The van der Waals surface area contributed by atoms with Crippen molar-refractivity contribution in [2.24, 2.45) is 0 Å². The first-order chi connectivity index (χ1) is 6.29. The molecule has 2 heterocycles. The second-order valence-electron chi connectivity index (χ2n) is 4.35. The van der Waals surface area contributed by atoms with E-state index in [0.29, 0.717) is 0 Å². The Hall–Kier alpha value is -0.120. The number of likely N-dealkylation sites (N-methyl/N-ethyl adjacent to an activating group) is 2. The summed E-state index contributed by atoms with van der Waals surface area (Å²) in [6, 6.07) is 0.869. The number of rotatable bonds is 2. The molecular weight excluding hydrogens is 162 g/mol. The van der Waals surface area contributed by atoms with Crippen LogP contribution in [0.2, 0.25) is 0 Å². The molecule has 0 aliphatic carbocycles. The molecule has 0 N–H and O–H groups in total. The highest BCUT2D eigenvalue weighted by atomic mass is 15.3. The lowest BCUT2D eigenvalue weighted by atomic mass is 10.1. The predicted octanol–water partition coefficient (Wildman–Crippen LogP) is -0.0621. The third-order valence-corrected chi connectivity index (χ3v) is 3.44. The summed E-state index contributed by atoms with van der Waals surface area (Å²) in [4.78, 5) is 7.60. The van der Waals surface area contributed by atoms with Crippen molar-refractivity contribution in [3.63, 3.8) is 0 Å². The van der Waals surface area contributed by atoms with Gasteiger partial charge in [0.2, 0.25) is 0 Å². The van der Waals surface area contributed by atoms with Gasteiger partial charge in [0.15, 0.2) is 0 Å². The number of hydrogen-bond donors (Lipinski definition) is 0. The quantitative estimate of drug-likeness (QED) is 0.594. The van der Waals surface area contributed by atoms with Gasteiger partial charge in [-0.1, -0.05) is 6.92 Å². The van der Waals surface area contributed by atoms with E-state index in [0.717, 1.165) is 6.04 Å². The second kappa shape index (κ2) is 3.95. The summed E-state index contributed by atoms with van der Waals surface area (Å²) in [7, 11) is 2.22. The summed E-state index contributed by atoms with van der Waals surface area (Å²) < 4.78 is 0. The van der Waals surface area contributed by atoms with E-state index in [2.05, 4.69) is 28.7 Å². The minimum atomic E-state index is 0.869. The maximum atomic E-state index is 2.66. The van der Waals surface area contributed by atoms with Crippen LogP contribution in [0.3, 0.4) is 0 Å².